The van der Waals surface area contributed by atoms with E-state index in [1.807, 2.05) is 13.8 Å². The molecule has 1 aromatic carbocycles. The molecule has 0 aliphatic carbocycles. The van der Waals surface area contributed by atoms with Gasteiger partial charge in [0.2, 0.25) is 5.91 Å². The predicted octanol–water partition coefficient (Wildman–Crippen LogP) is 3.35. The first-order valence-electron chi connectivity index (χ1n) is 9.61. The SMILES string of the molecule is COC(=O)c1ccc(Cl)cc1NC(=O)Cn1c(=O)n(CCC(C)C)c(=O)c2sccc21. The molecular formula is C21H22ClN3O5S. The fourth-order valence-electron chi connectivity index (χ4n) is 3.11. The molecule has 0 spiro atoms. The number of nitrogens with zero attached hydrogens (tertiary/aromatic N) is 2. The van der Waals surface area contributed by atoms with Crippen LogP contribution in [0.4, 0.5) is 5.69 Å². The van der Waals surface area contributed by atoms with Gasteiger partial charge in [0, 0.05) is 11.6 Å². The quantitative estimate of drug-likeness (QED) is 0.541. The molecular weight excluding hydrogens is 442 g/mol. The molecule has 0 aliphatic heterocycles. The fourth-order valence-corrected chi connectivity index (χ4v) is 4.13. The van der Waals surface area contributed by atoms with E-state index in [2.05, 4.69) is 5.32 Å². The van der Waals surface area contributed by atoms with Crippen molar-refractivity contribution in [1.82, 2.24) is 9.13 Å². The highest BCUT2D eigenvalue weighted by molar-refractivity contribution is 7.17. The number of hydrogen-bond donors (Lipinski definition) is 1. The summed E-state index contributed by atoms with van der Waals surface area (Å²) in [6.07, 6.45) is 0.656. The lowest BCUT2D eigenvalue weighted by Crippen LogP contribution is -2.41. The number of ether oxygens (including phenoxy) is 1. The smallest absolute Gasteiger partial charge is 0.339 e. The number of benzene rings is 1. The first-order chi connectivity index (χ1) is 14.7. The predicted molar refractivity (Wildman–Crippen MR) is 121 cm³/mol. The van der Waals surface area contributed by atoms with Gasteiger partial charge in [-0.15, -0.1) is 11.3 Å². The van der Waals surface area contributed by atoms with Gasteiger partial charge < -0.3 is 10.1 Å². The Morgan fingerprint density at radius 1 is 1.19 bits per heavy atom. The van der Waals surface area contributed by atoms with Gasteiger partial charge in [0.05, 0.1) is 23.9 Å². The average molecular weight is 464 g/mol. The van der Waals surface area contributed by atoms with Crippen molar-refractivity contribution in [3.63, 3.8) is 0 Å². The third-order valence-electron chi connectivity index (χ3n) is 4.73. The summed E-state index contributed by atoms with van der Waals surface area (Å²) in [5.74, 6) is -0.871. The summed E-state index contributed by atoms with van der Waals surface area (Å²) in [6, 6.07) is 6.02. The first-order valence-corrected chi connectivity index (χ1v) is 10.9. The van der Waals surface area contributed by atoms with Gasteiger partial charge in [-0.2, -0.15) is 0 Å². The van der Waals surface area contributed by atoms with E-state index in [1.54, 1.807) is 11.4 Å². The number of esters is 1. The highest BCUT2D eigenvalue weighted by Gasteiger charge is 2.19. The number of anilines is 1. The van der Waals surface area contributed by atoms with Crippen molar-refractivity contribution in [2.45, 2.75) is 33.4 Å². The van der Waals surface area contributed by atoms with E-state index >= 15 is 0 Å². The Labute approximate surface area is 187 Å². The minimum atomic E-state index is -0.633. The third kappa shape index (κ3) is 4.88. The van der Waals surface area contributed by atoms with E-state index < -0.39 is 17.6 Å². The van der Waals surface area contributed by atoms with Crippen LogP contribution in [0.1, 0.15) is 30.6 Å². The van der Waals surface area contributed by atoms with Crippen LogP contribution in [0, 0.1) is 5.92 Å². The van der Waals surface area contributed by atoms with E-state index in [0.717, 1.165) is 0 Å². The van der Waals surface area contributed by atoms with Crippen molar-refractivity contribution in [2.75, 3.05) is 12.4 Å². The molecule has 0 bridgehead atoms. The minimum absolute atomic E-state index is 0.134. The molecule has 0 atom stereocenters. The topological polar surface area (TPSA) is 99.4 Å². The second-order valence-electron chi connectivity index (χ2n) is 7.37. The van der Waals surface area contributed by atoms with E-state index in [0.29, 0.717) is 27.6 Å². The number of halogens is 1. The van der Waals surface area contributed by atoms with Crippen LogP contribution in [-0.2, 0) is 22.6 Å². The summed E-state index contributed by atoms with van der Waals surface area (Å²) < 4.78 is 7.59. The number of fused-ring (bicyclic) bond motifs is 1. The molecule has 1 N–H and O–H groups in total. The van der Waals surface area contributed by atoms with Gasteiger partial charge in [-0.3, -0.25) is 18.7 Å². The van der Waals surface area contributed by atoms with Crippen molar-refractivity contribution in [3.05, 3.63) is 61.1 Å². The molecule has 10 heteroatoms. The van der Waals surface area contributed by atoms with Gasteiger partial charge in [-0.25, -0.2) is 9.59 Å². The van der Waals surface area contributed by atoms with Crippen LogP contribution in [0.3, 0.4) is 0 Å². The molecule has 8 nitrogen and oxygen atoms in total. The first kappa shape index (κ1) is 22.8. The highest BCUT2D eigenvalue weighted by atomic mass is 35.5. The lowest BCUT2D eigenvalue weighted by molar-refractivity contribution is -0.116. The largest absolute Gasteiger partial charge is 0.465 e. The summed E-state index contributed by atoms with van der Waals surface area (Å²) in [5, 5.41) is 4.64. The lowest BCUT2D eigenvalue weighted by atomic mass is 10.1. The Kier molecular flexibility index (Phi) is 6.97. The molecule has 164 valence electrons. The fraction of sp³-hybridized carbons (Fsp3) is 0.333. The second-order valence-corrected chi connectivity index (χ2v) is 8.73. The number of amides is 1. The molecule has 0 unspecified atom stereocenters. The van der Waals surface area contributed by atoms with Crippen molar-refractivity contribution in [2.24, 2.45) is 5.92 Å². The third-order valence-corrected chi connectivity index (χ3v) is 5.86. The molecule has 0 saturated heterocycles. The van der Waals surface area contributed by atoms with E-state index in [4.69, 9.17) is 16.3 Å². The zero-order valence-electron chi connectivity index (χ0n) is 17.3. The van der Waals surface area contributed by atoms with Crippen LogP contribution < -0.4 is 16.6 Å². The molecule has 0 radical (unpaired) electrons. The van der Waals surface area contributed by atoms with Crippen molar-refractivity contribution >= 4 is 50.7 Å². The van der Waals surface area contributed by atoms with Crippen molar-refractivity contribution in [1.29, 1.82) is 0 Å². The Balaban J connectivity index is 1.97. The minimum Gasteiger partial charge on any atom is -0.465 e. The maximum Gasteiger partial charge on any atom is 0.339 e. The number of carbonyl (C=O) groups excluding carboxylic acids is 2. The monoisotopic (exact) mass is 463 g/mol. The van der Waals surface area contributed by atoms with E-state index in [9.17, 15) is 19.2 Å². The summed E-state index contributed by atoms with van der Waals surface area (Å²) in [6.45, 7) is 3.95. The summed E-state index contributed by atoms with van der Waals surface area (Å²) in [4.78, 5) is 50.5. The summed E-state index contributed by atoms with van der Waals surface area (Å²) >= 11 is 7.22. The Hall–Kier alpha value is -2.91. The van der Waals surface area contributed by atoms with Gasteiger partial charge in [-0.1, -0.05) is 25.4 Å². The second kappa shape index (κ2) is 9.49. The highest BCUT2D eigenvalue weighted by Crippen LogP contribution is 2.22. The molecule has 0 fully saturated rings. The maximum atomic E-state index is 13.0. The summed E-state index contributed by atoms with van der Waals surface area (Å²) in [5.41, 5.74) is -0.196. The van der Waals surface area contributed by atoms with Crippen LogP contribution in [0.25, 0.3) is 10.2 Å². The van der Waals surface area contributed by atoms with Crippen LogP contribution in [0.15, 0.2) is 39.2 Å². The van der Waals surface area contributed by atoms with Gasteiger partial charge in [0.25, 0.3) is 5.56 Å². The van der Waals surface area contributed by atoms with Crippen LogP contribution in [-0.4, -0.2) is 28.1 Å². The number of methoxy groups -OCH3 is 1. The zero-order valence-corrected chi connectivity index (χ0v) is 18.9. The molecule has 2 aromatic heterocycles. The molecule has 2 heterocycles. The van der Waals surface area contributed by atoms with Crippen LogP contribution in [0.5, 0.6) is 0 Å². The van der Waals surface area contributed by atoms with E-state index in [-0.39, 0.29) is 29.9 Å². The number of aromatic nitrogens is 2. The number of rotatable bonds is 7. The van der Waals surface area contributed by atoms with Crippen LogP contribution in [0.2, 0.25) is 5.02 Å². The zero-order chi connectivity index (χ0) is 22.7. The Morgan fingerprint density at radius 3 is 2.61 bits per heavy atom. The molecule has 1 amide bonds. The number of carbonyl (C=O) groups is 2. The molecule has 0 saturated carbocycles. The number of hydrogen-bond acceptors (Lipinski definition) is 6. The van der Waals surface area contributed by atoms with Gasteiger partial charge in [0.15, 0.2) is 0 Å². The van der Waals surface area contributed by atoms with Gasteiger partial charge >= 0.3 is 11.7 Å². The number of thiophene rings is 1. The lowest BCUT2D eigenvalue weighted by Gasteiger charge is -2.14. The van der Waals surface area contributed by atoms with Gasteiger partial charge in [0.1, 0.15) is 11.2 Å². The Morgan fingerprint density at radius 2 is 1.94 bits per heavy atom. The molecule has 0 aliphatic rings. The van der Waals surface area contributed by atoms with Gasteiger partial charge in [-0.05, 0) is 42.0 Å². The normalized spacial score (nSPS) is 11.1. The van der Waals surface area contributed by atoms with Crippen molar-refractivity contribution in [3.8, 4) is 0 Å². The Bertz CT molecular complexity index is 1260. The molecule has 3 rings (SSSR count). The van der Waals surface area contributed by atoms with Crippen molar-refractivity contribution < 1.29 is 14.3 Å². The average Bonchev–Trinajstić information content (AvgIpc) is 3.20. The number of nitrogens with one attached hydrogen (secondary N) is 1. The maximum absolute atomic E-state index is 13.0. The molecule has 31 heavy (non-hydrogen) atoms. The summed E-state index contributed by atoms with van der Waals surface area (Å²) in [7, 11) is 1.23. The molecule has 3 aromatic rings. The standard InChI is InChI=1S/C21H22ClN3O5S/c1-12(2)6-8-24-19(27)18-16(7-9-31-18)25(21(24)29)11-17(26)23-15-10-13(22)4-5-14(15)20(28)30-3/h4-5,7,9-10,12H,6,8,11H2,1-3H3,(H,23,26). The van der Waals surface area contributed by atoms with Crippen LogP contribution >= 0.6 is 22.9 Å². The van der Waals surface area contributed by atoms with E-state index in [1.165, 1.54) is 45.8 Å².